The highest BCUT2D eigenvalue weighted by molar-refractivity contribution is 6.03. The summed E-state index contributed by atoms with van der Waals surface area (Å²) in [6.45, 7) is 0.391. The Morgan fingerprint density at radius 2 is 1.52 bits per heavy atom. The van der Waals surface area contributed by atoms with E-state index >= 15 is 0 Å². The van der Waals surface area contributed by atoms with Gasteiger partial charge in [-0.25, -0.2) is 4.79 Å². The number of carbonyl (C=O) groups excluding carboxylic acids is 3. The van der Waals surface area contributed by atoms with Gasteiger partial charge in [-0.3, -0.25) is 9.59 Å². The van der Waals surface area contributed by atoms with Gasteiger partial charge in [-0.15, -0.1) is 0 Å². The van der Waals surface area contributed by atoms with Gasteiger partial charge in [0.15, 0.2) is 0 Å². The Morgan fingerprint density at radius 1 is 0.879 bits per heavy atom. The first kappa shape index (κ1) is 22.1. The Morgan fingerprint density at radius 3 is 2.24 bits per heavy atom. The number of anilines is 1. The summed E-state index contributed by atoms with van der Waals surface area (Å²) in [6, 6.07) is 25.2. The van der Waals surface area contributed by atoms with E-state index < -0.39 is 18.1 Å². The third-order valence-electron chi connectivity index (χ3n) is 5.51. The lowest BCUT2D eigenvalue weighted by molar-refractivity contribution is -0.124. The smallest absolute Gasteiger partial charge is 0.408 e. The molecular formula is C26H25N3O4. The summed E-state index contributed by atoms with van der Waals surface area (Å²) in [5, 5.41) is 8.33. The molecule has 0 saturated carbocycles. The molecule has 1 aliphatic heterocycles. The van der Waals surface area contributed by atoms with Gasteiger partial charge in [0.05, 0.1) is 5.92 Å². The molecule has 3 amide bonds. The van der Waals surface area contributed by atoms with E-state index in [-0.39, 0.29) is 24.8 Å². The van der Waals surface area contributed by atoms with Crippen molar-refractivity contribution in [3.8, 4) is 0 Å². The molecular weight excluding hydrogens is 418 g/mol. The van der Waals surface area contributed by atoms with Crippen LogP contribution in [0, 0.1) is 0 Å². The summed E-state index contributed by atoms with van der Waals surface area (Å²) in [6.07, 6.45) is -0.602. The SMILES string of the molecule is O=C(N[C@@H](CC1C(=O)Nc2ccccc21)C(=O)NCc1ccccc1)OCc1ccccc1. The zero-order valence-corrected chi connectivity index (χ0v) is 18.0. The van der Waals surface area contributed by atoms with Gasteiger partial charge in [0.2, 0.25) is 11.8 Å². The average Bonchev–Trinajstić information content (AvgIpc) is 3.17. The number of hydrogen-bond donors (Lipinski definition) is 3. The fourth-order valence-corrected chi connectivity index (χ4v) is 3.79. The highest BCUT2D eigenvalue weighted by Gasteiger charge is 2.35. The quantitative estimate of drug-likeness (QED) is 0.494. The predicted molar refractivity (Wildman–Crippen MR) is 124 cm³/mol. The fourth-order valence-electron chi connectivity index (χ4n) is 3.79. The van der Waals surface area contributed by atoms with Crippen LogP contribution in [0.4, 0.5) is 10.5 Å². The molecule has 4 rings (SSSR count). The minimum Gasteiger partial charge on any atom is -0.445 e. The second-order valence-electron chi connectivity index (χ2n) is 7.83. The summed E-state index contributed by atoms with van der Waals surface area (Å²) in [7, 11) is 0. The average molecular weight is 444 g/mol. The molecule has 0 spiro atoms. The predicted octanol–water partition coefficient (Wildman–Crippen LogP) is 3.72. The summed E-state index contributed by atoms with van der Waals surface area (Å²) < 4.78 is 5.30. The van der Waals surface area contributed by atoms with Crippen molar-refractivity contribution in [1.82, 2.24) is 10.6 Å². The lowest BCUT2D eigenvalue weighted by Gasteiger charge is -2.21. The van der Waals surface area contributed by atoms with E-state index in [1.165, 1.54) is 0 Å². The summed E-state index contributed by atoms with van der Waals surface area (Å²) in [4.78, 5) is 38.1. The van der Waals surface area contributed by atoms with Gasteiger partial charge in [0.25, 0.3) is 0 Å². The Hall–Kier alpha value is -4.13. The molecule has 3 aromatic rings. The van der Waals surface area contributed by atoms with Crippen LogP contribution in [0.25, 0.3) is 0 Å². The van der Waals surface area contributed by atoms with Crippen molar-refractivity contribution in [3.63, 3.8) is 0 Å². The third kappa shape index (κ3) is 5.77. The number of fused-ring (bicyclic) bond motifs is 1. The molecule has 1 heterocycles. The highest BCUT2D eigenvalue weighted by Crippen LogP contribution is 2.35. The van der Waals surface area contributed by atoms with Gasteiger partial charge >= 0.3 is 6.09 Å². The van der Waals surface area contributed by atoms with E-state index in [1.54, 1.807) is 0 Å². The van der Waals surface area contributed by atoms with Gasteiger partial charge in [-0.1, -0.05) is 78.9 Å². The number of carbonyl (C=O) groups is 3. The lowest BCUT2D eigenvalue weighted by atomic mass is 9.93. The van der Waals surface area contributed by atoms with E-state index in [4.69, 9.17) is 4.74 Å². The minimum absolute atomic E-state index is 0.0811. The van der Waals surface area contributed by atoms with Crippen molar-refractivity contribution < 1.29 is 19.1 Å². The number of alkyl carbamates (subject to hydrolysis) is 1. The van der Waals surface area contributed by atoms with Crippen LogP contribution in [-0.2, 0) is 27.5 Å². The van der Waals surface area contributed by atoms with Crippen molar-refractivity contribution in [2.24, 2.45) is 0 Å². The molecule has 1 aliphatic rings. The van der Waals surface area contributed by atoms with Crippen LogP contribution in [0.5, 0.6) is 0 Å². The number of hydrogen-bond acceptors (Lipinski definition) is 4. The minimum atomic E-state index is -0.945. The summed E-state index contributed by atoms with van der Waals surface area (Å²) in [5.41, 5.74) is 3.30. The molecule has 0 saturated heterocycles. The van der Waals surface area contributed by atoms with E-state index in [1.807, 2.05) is 84.9 Å². The summed E-state index contributed by atoms with van der Waals surface area (Å²) in [5.74, 6) is -1.13. The standard InChI is InChI=1S/C26H25N3O4/c30-24-21(20-13-7-8-14-22(20)28-24)15-23(25(31)27-16-18-9-3-1-4-10-18)29-26(32)33-17-19-11-5-2-6-12-19/h1-14,21,23H,15-17H2,(H,27,31)(H,28,30)(H,29,32)/t21?,23-/m0/s1. The van der Waals surface area contributed by atoms with Crippen LogP contribution >= 0.6 is 0 Å². The van der Waals surface area contributed by atoms with E-state index in [0.29, 0.717) is 6.54 Å². The Labute approximate surface area is 192 Å². The van der Waals surface area contributed by atoms with Crippen molar-refractivity contribution in [2.75, 3.05) is 5.32 Å². The second kappa shape index (κ2) is 10.5. The van der Waals surface area contributed by atoms with E-state index in [9.17, 15) is 14.4 Å². The van der Waals surface area contributed by atoms with E-state index in [0.717, 1.165) is 22.4 Å². The van der Waals surface area contributed by atoms with Crippen LogP contribution in [0.3, 0.4) is 0 Å². The molecule has 7 nitrogen and oxygen atoms in total. The number of nitrogens with one attached hydrogen (secondary N) is 3. The van der Waals surface area contributed by atoms with Gasteiger partial charge in [-0.05, 0) is 29.2 Å². The Bertz CT molecular complexity index is 1120. The van der Waals surface area contributed by atoms with Crippen LogP contribution in [-0.4, -0.2) is 23.9 Å². The summed E-state index contributed by atoms with van der Waals surface area (Å²) >= 11 is 0. The van der Waals surface area contributed by atoms with Gasteiger partial charge < -0.3 is 20.7 Å². The Balaban J connectivity index is 1.44. The molecule has 0 aliphatic carbocycles. The maximum absolute atomic E-state index is 13.0. The molecule has 0 aromatic heterocycles. The zero-order valence-electron chi connectivity index (χ0n) is 18.0. The van der Waals surface area contributed by atoms with Gasteiger partial charge in [0, 0.05) is 12.2 Å². The first-order chi connectivity index (χ1) is 16.1. The topological polar surface area (TPSA) is 96.5 Å². The number of para-hydroxylation sites is 1. The zero-order chi connectivity index (χ0) is 23.0. The first-order valence-electron chi connectivity index (χ1n) is 10.8. The first-order valence-corrected chi connectivity index (χ1v) is 10.8. The Kier molecular flexibility index (Phi) is 6.99. The number of rotatable bonds is 8. The third-order valence-corrected chi connectivity index (χ3v) is 5.51. The number of benzene rings is 3. The maximum atomic E-state index is 13.0. The molecule has 0 fully saturated rings. The van der Waals surface area contributed by atoms with Crippen LogP contribution in [0.1, 0.15) is 29.0 Å². The van der Waals surface area contributed by atoms with Crippen LogP contribution in [0.15, 0.2) is 84.9 Å². The van der Waals surface area contributed by atoms with Crippen molar-refractivity contribution in [3.05, 3.63) is 102 Å². The molecule has 0 bridgehead atoms. The fraction of sp³-hybridized carbons (Fsp3) is 0.192. The molecule has 3 N–H and O–H groups in total. The van der Waals surface area contributed by atoms with E-state index in [2.05, 4.69) is 16.0 Å². The second-order valence-corrected chi connectivity index (χ2v) is 7.83. The molecule has 7 heteroatoms. The molecule has 168 valence electrons. The van der Waals surface area contributed by atoms with Crippen molar-refractivity contribution >= 4 is 23.6 Å². The van der Waals surface area contributed by atoms with Gasteiger partial charge in [-0.2, -0.15) is 0 Å². The lowest BCUT2D eigenvalue weighted by Crippen LogP contribution is -2.47. The normalized spacial score (nSPS) is 15.2. The van der Waals surface area contributed by atoms with Crippen molar-refractivity contribution in [1.29, 1.82) is 0 Å². The van der Waals surface area contributed by atoms with Crippen LogP contribution in [0.2, 0.25) is 0 Å². The molecule has 2 atom stereocenters. The van der Waals surface area contributed by atoms with Crippen molar-refractivity contribution in [2.45, 2.75) is 31.5 Å². The van der Waals surface area contributed by atoms with Gasteiger partial charge in [0.1, 0.15) is 12.6 Å². The monoisotopic (exact) mass is 443 g/mol. The number of amides is 3. The highest BCUT2D eigenvalue weighted by atomic mass is 16.5. The molecule has 1 unspecified atom stereocenters. The largest absolute Gasteiger partial charge is 0.445 e. The number of ether oxygens (including phenoxy) is 1. The molecule has 33 heavy (non-hydrogen) atoms. The maximum Gasteiger partial charge on any atom is 0.408 e. The van der Waals surface area contributed by atoms with Crippen LogP contribution < -0.4 is 16.0 Å². The molecule has 0 radical (unpaired) electrons. The molecule has 3 aromatic carbocycles.